The molecule has 1 amide bonds. The zero-order chi connectivity index (χ0) is 16.2. The van der Waals surface area contributed by atoms with Crippen molar-refractivity contribution >= 4 is 11.6 Å². The molecule has 0 atom stereocenters. The van der Waals surface area contributed by atoms with Crippen molar-refractivity contribution in [2.75, 3.05) is 31.1 Å². The first-order valence-electron chi connectivity index (χ1n) is 8.80. The molecule has 6 nitrogen and oxygen atoms in total. The molecule has 1 aromatic rings. The van der Waals surface area contributed by atoms with Gasteiger partial charge in [-0.05, 0) is 32.1 Å². The van der Waals surface area contributed by atoms with Crippen molar-refractivity contribution in [3.63, 3.8) is 0 Å². The van der Waals surface area contributed by atoms with Gasteiger partial charge in [-0.3, -0.25) is 9.59 Å². The first-order valence-corrected chi connectivity index (χ1v) is 8.80. The number of nitrogens with zero attached hydrogens (tertiary/aromatic N) is 4. The van der Waals surface area contributed by atoms with Crippen LogP contribution in [-0.4, -0.2) is 46.8 Å². The van der Waals surface area contributed by atoms with Crippen molar-refractivity contribution in [1.29, 1.82) is 0 Å². The predicted molar refractivity (Wildman–Crippen MR) is 89.5 cm³/mol. The molecule has 0 unspecified atom stereocenters. The molecule has 0 aromatic carbocycles. The molecule has 2 fully saturated rings. The van der Waals surface area contributed by atoms with Crippen LogP contribution in [0, 0.1) is 5.92 Å². The van der Waals surface area contributed by atoms with Crippen molar-refractivity contribution in [3.05, 3.63) is 22.6 Å². The predicted octanol–water partition coefficient (Wildman–Crippen LogP) is 1.49. The lowest BCUT2D eigenvalue weighted by Crippen LogP contribution is -2.42. The average molecular weight is 318 g/mol. The molecule has 126 valence electrons. The van der Waals surface area contributed by atoms with E-state index >= 15 is 0 Å². The number of hydrogen-bond donors (Lipinski definition) is 0. The molecule has 23 heavy (non-hydrogen) atoms. The summed E-state index contributed by atoms with van der Waals surface area (Å²) in [6.07, 6.45) is 6.70. The third-order valence-electron chi connectivity index (χ3n) is 4.92. The van der Waals surface area contributed by atoms with Crippen molar-refractivity contribution in [1.82, 2.24) is 14.7 Å². The molecular formula is C17H26N4O2. The van der Waals surface area contributed by atoms with Crippen molar-refractivity contribution in [3.8, 4) is 0 Å². The van der Waals surface area contributed by atoms with Gasteiger partial charge in [0.15, 0.2) is 0 Å². The maximum atomic E-state index is 12.5. The Kier molecular flexibility index (Phi) is 4.98. The molecule has 6 heteroatoms. The van der Waals surface area contributed by atoms with Crippen LogP contribution < -0.4 is 10.5 Å². The quantitative estimate of drug-likeness (QED) is 0.844. The van der Waals surface area contributed by atoms with Crippen LogP contribution in [0.15, 0.2) is 17.1 Å². The van der Waals surface area contributed by atoms with Crippen LogP contribution in [0.3, 0.4) is 0 Å². The van der Waals surface area contributed by atoms with E-state index in [1.54, 1.807) is 12.3 Å². The van der Waals surface area contributed by atoms with E-state index in [0.29, 0.717) is 12.5 Å². The zero-order valence-corrected chi connectivity index (χ0v) is 13.9. The second kappa shape index (κ2) is 7.15. The summed E-state index contributed by atoms with van der Waals surface area (Å²) in [6, 6.07) is 1.67. The molecule has 0 radical (unpaired) electrons. The summed E-state index contributed by atoms with van der Waals surface area (Å²) in [6.45, 7) is 6.19. The Balaban J connectivity index is 1.59. The number of aryl methyl sites for hydroxylation is 1. The van der Waals surface area contributed by atoms with Crippen LogP contribution in [-0.2, 0) is 11.3 Å². The first-order chi connectivity index (χ1) is 11.2. The molecule has 1 aromatic heterocycles. The Labute approximate surface area is 137 Å². The fraction of sp³-hybridized carbons (Fsp3) is 0.706. The number of aromatic nitrogens is 2. The lowest BCUT2D eigenvalue weighted by Gasteiger charge is -2.34. The summed E-state index contributed by atoms with van der Waals surface area (Å²) in [5, 5.41) is 4.25. The summed E-state index contributed by atoms with van der Waals surface area (Å²) < 4.78 is 1.51. The minimum atomic E-state index is -0.0420. The van der Waals surface area contributed by atoms with Crippen molar-refractivity contribution in [2.45, 2.75) is 45.6 Å². The molecule has 0 spiro atoms. The van der Waals surface area contributed by atoms with E-state index < -0.39 is 0 Å². The van der Waals surface area contributed by atoms with Gasteiger partial charge in [-0.15, -0.1) is 0 Å². The molecule has 3 rings (SSSR count). The van der Waals surface area contributed by atoms with Crippen LogP contribution >= 0.6 is 0 Å². The van der Waals surface area contributed by atoms with E-state index in [0.717, 1.165) is 64.0 Å². The van der Waals surface area contributed by atoms with Gasteiger partial charge in [0.05, 0.1) is 11.9 Å². The maximum Gasteiger partial charge on any atom is 0.268 e. The number of carbonyl (C=O) groups excluding carboxylic acids is 1. The molecule has 2 aliphatic heterocycles. The second-order valence-corrected chi connectivity index (χ2v) is 6.57. The third-order valence-corrected chi connectivity index (χ3v) is 4.92. The number of carbonyl (C=O) groups is 1. The van der Waals surface area contributed by atoms with E-state index in [-0.39, 0.29) is 11.5 Å². The van der Waals surface area contributed by atoms with Gasteiger partial charge in [-0.1, -0.05) is 6.92 Å². The highest BCUT2D eigenvalue weighted by molar-refractivity contribution is 5.79. The summed E-state index contributed by atoms with van der Waals surface area (Å²) in [5.74, 6) is 0.483. The van der Waals surface area contributed by atoms with Crippen LogP contribution in [0.25, 0.3) is 0 Å². The van der Waals surface area contributed by atoms with E-state index in [4.69, 9.17) is 0 Å². The zero-order valence-electron chi connectivity index (χ0n) is 13.9. The topological polar surface area (TPSA) is 58.4 Å². The Hall–Kier alpha value is -1.85. The van der Waals surface area contributed by atoms with Gasteiger partial charge in [0.1, 0.15) is 0 Å². The van der Waals surface area contributed by atoms with Gasteiger partial charge in [0.25, 0.3) is 5.56 Å². The Morgan fingerprint density at radius 2 is 1.91 bits per heavy atom. The van der Waals surface area contributed by atoms with Gasteiger partial charge in [0, 0.05) is 44.7 Å². The highest BCUT2D eigenvalue weighted by Gasteiger charge is 2.30. The first kappa shape index (κ1) is 16.0. The fourth-order valence-corrected chi connectivity index (χ4v) is 3.56. The molecule has 0 saturated carbocycles. The standard InChI is InChI=1S/C17H26N4O2/c1-2-7-21-16(22)12-15(13-18-21)19-10-5-14(6-11-19)17(23)20-8-3-4-9-20/h12-14H,2-11H2,1H3. The highest BCUT2D eigenvalue weighted by Crippen LogP contribution is 2.24. The van der Waals surface area contributed by atoms with E-state index in [1.807, 2.05) is 11.8 Å². The molecule has 0 aliphatic carbocycles. The Morgan fingerprint density at radius 3 is 2.52 bits per heavy atom. The summed E-state index contributed by atoms with van der Waals surface area (Å²) in [7, 11) is 0. The summed E-state index contributed by atoms with van der Waals surface area (Å²) in [4.78, 5) is 28.7. The average Bonchev–Trinajstić information content (AvgIpc) is 3.11. The number of amides is 1. The smallest absolute Gasteiger partial charge is 0.268 e. The summed E-state index contributed by atoms with van der Waals surface area (Å²) in [5.41, 5.74) is 0.842. The minimum absolute atomic E-state index is 0.0420. The van der Waals surface area contributed by atoms with Crippen LogP contribution in [0.1, 0.15) is 39.0 Å². The largest absolute Gasteiger partial charge is 0.370 e. The van der Waals surface area contributed by atoms with E-state index in [1.165, 1.54) is 4.68 Å². The van der Waals surface area contributed by atoms with Gasteiger partial charge in [0.2, 0.25) is 5.91 Å². The van der Waals surface area contributed by atoms with Gasteiger partial charge >= 0.3 is 0 Å². The van der Waals surface area contributed by atoms with Crippen LogP contribution in [0.4, 0.5) is 5.69 Å². The monoisotopic (exact) mass is 318 g/mol. The SMILES string of the molecule is CCCn1ncc(N2CCC(C(=O)N3CCCC3)CC2)cc1=O. The molecule has 0 bridgehead atoms. The number of likely N-dealkylation sites (tertiary alicyclic amines) is 1. The van der Waals surface area contributed by atoms with Crippen molar-refractivity contribution in [2.24, 2.45) is 5.92 Å². The van der Waals surface area contributed by atoms with Crippen molar-refractivity contribution < 1.29 is 4.79 Å². The van der Waals surface area contributed by atoms with Crippen LogP contribution in [0.5, 0.6) is 0 Å². The second-order valence-electron chi connectivity index (χ2n) is 6.57. The summed E-state index contributed by atoms with van der Waals surface area (Å²) >= 11 is 0. The lowest BCUT2D eigenvalue weighted by molar-refractivity contribution is -0.135. The highest BCUT2D eigenvalue weighted by atomic mass is 16.2. The molecular weight excluding hydrogens is 292 g/mol. The van der Waals surface area contributed by atoms with Gasteiger partial charge < -0.3 is 9.80 Å². The normalized spacial score (nSPS) is 19.3. The van der Waals surface area contributed by atoms with Crippen LogP contribution in [0.2, 0.25) is 0 Å². The van der Waals surface area contributed by atoms with Gasteiger partial charge in [-0.25, -0.2) is 4.68 Å². The van der Waals surface area contributed by atoms with Gasteiger partial charge in [-0.2, -0.15) is 5.10 Å². The number of hydrogen-bond acceptors (Lipinski definition) is 4. The maximum absolute atomic E-state index is 12.5. The third kappa shape index (κ3) is 3.57. The lowest BCUT2D eigenvalue weighted by atomic mass is 9.95. The van der Waals surface area contributed by atoms with E-state index in [9.17, 15) is 9.59 Å². The number of piperidine rings is 1. The van der Waals surface area contributed by atoms with E-state index in [2.05, 4.69) is 10.00 Å². The number of rotatable bonds is 4. The molecule has 0 N–H and O–H groups in total. The number of anilines is 1. The molecule has 2 saturated heterocycles. The molecule has 2 aliphatic rings. The Morgan fingerprint density at radius 1 is 1.22 bits per heavy atom. The fourth-order valence-electron chi connectivity index (χ4n) is 3.56. The minimum Gasteiger partial charge on any atom is -0.370 e. The molecule has 3 heterocycles. The Bertz CT molecular complexity index is 599.